The van der Waals surface area contributed by atoms with Crippen molar-refractivity contribution in [2.75, 3.05) is 10.2 Å². The second kappa shape index (κ2) is 7.37. The Morgan fingerprint density at radius 2 is 1.76 bits per heavy atom. The Kier molecular flexibility index (Phi) is 4.78. The van der Waals surface area contributed by atoms with Crippen molar-refractivity contribution in [3.63, 3.8) is 0 Å². The SMILES string of the molecule is Cc1cc(Cl)c2c(c1)[C@@]1(N[C@H](CC(N)=O)[C@H]3C(=O)N(c4ccc(C(N)=O)cc4)C(=O)[C@@H]31)C(=O)N2. The van der Waals surface area contributed by atoms with Gasteiger partial charge in [-0.1, -0.05) is 17.7 Å². The lowest BCUT2D eigenvalue weighted by Crippen LogP contribution is -2.53. The van der Waals surface area contributed by atoms with Gasteiger partial charge in [0.2, 0.25) is 29.5 Å². The molecule has 1 spiro atoms. The molecular weight excluding hydrogens is 462 g/mol. The van der Waals surface area contributed by atoms with Crippen molar-refractivity contribution in [2.24, 2.45) is 23.3 Å². The van der Waals surface area contributed by atoms with Gasteiger partial charge in [0, 0.05) is 23.6 Å². The van der Waals surface area contributed by atoms with Crippen molar-refractivity contribution in [1.82, 2.24) is 5.32 Å². The Hall–Kier alpha value is -3.76. The van der Waals surface area contributed by atoms with Crippen molar-refractivity contribution in [3.05, 3.63) is 58.1 Å². The third-order valence-corrected chi connectivity index (χ3v) is 7.05. The van der Waals surface area contributed by atoms with Crippen LogP contribution >= 0.6 is 11.6 Å². The van der Waals surface area contributed by atoms with Gasteiger partial charge in [-0.15, -0.1) is 0 Å². The number of carbonyl (C=O) groups excluding carboxylic acids is 5. The molecule has 2 saturated heterocycles. The summed E-state index contributed by atoms with van der Waals surface area (Å²) >= 11 is 6.38. The maximum atomic E-state index is 13.8. The van der Waals surface area contributed by atoms with Crippen molar-refractivity contribution >= 4 is 52.5 Å². The van der Waals surface area contributed by atoms with E-state index in [0.29, 0.717) is 16.3 Å². The molecule has 174 valence electrons. The number of carbonyl (C=O) groups is 5. The van der Waals surface area contributed by atoms with E-state index in [2.05, 4.69) is 10.6 Å². The molecule has 0 bridgehead atoms. The summed E-state index contributed by atoms with van der Waals surface area (Å²) in [5.74, 6) is -5.22. The highest BCUT2D eigenvalue weighted by molar-refractivity contribution is 6.35. The lowest BCUT2D eigenvalue weighted by molar-refractivity contribution is -0.130. The Bertz CT molecular complexity index is 1310. The maximum Gasteiger partial charge on any atom is 0.250 e. The van der Waals surface area contributed by atoms with Gasteiger partial charge in [0.1, 0.15) is 5.54 Å². The molecule has 34 heavy (non-hydrogen) atoms. The fourth-order valence-electron chi connectivity index (χ4n) is 5.41. The van der Waals surface area contributed by atoms with Crippen molar-refractivity contribution in [1.29, 1.82) is 0 Å². The zero-order valence-electron chi connectivity index (χ0n) is 17.9. The van der Waals surface area contributed by atoms with E-state index in [-0.39, 0.29) is 17.7 Å². The number of imide groups is 1. The van der Waals surface area contributed by atoms with Gasteiger partial charge in [0.25, 0.3) is 0 Å². The summed E-state index contributed by atoms with van der Waals surface area (Å²) in [5.41, 5.74) is 11.1. The van der Waals surface area contributed by atoms with Crippen LogP contribution in [0.4, 0.5) is 11.4 Å². The first-order chi connectivity index (χ1) is 16.1. The predicted molar refractivity (Wildman–Crippen MR) is 122 cm³/mol. The van der Waals surface area contributed by atoms with Crippen LogP contribution in [0.15, 0.2) is 36.4 Å². The van der Waals surface area contributed by atoms with Crippen LogP contribution in [0.1, 0.15) is 27.9 Å². The fourth-order valence-corrected chi connectivity index (χ4v) is 5.74. The van der Waals surface area contributed by atoms with E-state index >= 15 is 0 Å². The van der Waals surface area contributed by atoms with E-state index in [1.807, 2.05) is 0 Å². The number of anilines is 2. The van der Waals surface area contributed by atoms with Crippen LogP contribution < -0.4 is 27.0 Å². The van der Waals surface area contributed by atoms with E-state index in [1.165, 1.54) is 24.3 Å². The molecule has 0 saturated carbocycles. The van der Waals surface area contributed by atoms with E-state index in [1.54, 1.807) is 19.1 Å². The number of rotatable bonds is 4. The van der Waals surface area contributed by atoms with Crippen molar-refractivity contribution < 1.29 is 24.0 Å². The highest BCUT2D eigenvalue weighted by atomic mass is 35.5. The number of hydrogen-bond acceptors (Lipinski definition) is 6. The number of nitrogens with one attached hydrogen (secondary N) is 2. The van der Waals surface area contributed by atoms with Gasteiger partial charge < -0.3 is 16.8 Å². The summed E-state index contributed by atoms with van der Waals surface area (Å²) in [6.07, 6.45) is -0.251. The van der Waals surface area contributed by atoms with Crippen LogP contribution in [-0.2, 0) is 24.7 Å². The number of hydrogen-bond donors (Lipinski definition) is 4. The second-order valence-electron chi connectivity index (χ2n) is 8.78. The van der Waals surface area contributed by atoms with Crippen LogP contribution in [0.3, 0.4) is 0 Å². The Morgan fingerprint density at radius 1 is 1.09 bits per heavy atom. The van der Waals surface area contributed by atoms with E-state index in [9.17, 15) is 24.0 Å². The minimum absolute atomic E-state index is 0.210. The molecule has 10 nitrogen and oxygen atoms in total. The molecule has 0 radical (unpaired) electrons. The topological polar surface area (TPSA) is 165 Å². The average Bonchev–Trinajstić information content (AvgIpc) is 3.33. The van der Waals surface area contributed by atoms with Crippen LogP contribution in [0.2, 0.25) is 5.02 Å². The molecule has 2 aromatic rings. The molecular formula is C23H20ClN5O5. The number of nitrogens with zero attached hydrogens (tertiary/aromatic N) is 1. The molecule has 3 heterocycles. The molecule has 2 aromatic carbocycles. The molecule has 3 aliphatic rings. The lowest BCUT2D eigenvalue weighted by Gasteiger charge is -2.29. The third kappa shape index (κ3) is 2.88. The molecule has 6 N–H and O–H groups in total. The van der Waals surface area contributed by atoms with Crippen LogP contribution in [-0.4, -0.2) is 35.6 Å². The van der Waals surface area contributed by atoms with Gasteiger partial charge in [-0.2, -0.15) is 0 Å². The normalized spacial score (nSPS) is 27.2. The second-order valence-corrected chi connectivity index (χ2v) is 9.19. The molecule has 5 amide bonds. The third-order valence-electron chi connectivity index (χ3n) is 6.75. The van der Waals surface area contributed by atoms with E-state index in [4.69, 9.17) is 23.1 Å². The first-order valence-electron chi connectivity index (χ1n) is 10.5. The summed E-state index contributed by atoms with van der Waals surface area (Å²) in [5, 5.41) is 6.15. The van der Waals surface area contributed by atoms with Gasteiger partial charge in [-0.25, -0.2) is 4.90 Å². The average molecular weight is 482 g/mol. The van der Waals surface area contributed by atoms with Crippen LogP contribution in [0.25, 0.3) is 0 Å². The molecule has 5 rings (SSSR count). The van der Waals surface area contributed by atoms with Gasteiger partial charge in [0.05, 0.1) is 28.2 Å². The summed E-state index contributed by atoms with van der Waals surface area (Å²) < 4.78 is 0. The van der Waals surface area contributed by atoms with Gasteiger partial charge in [-0.3, -0.25) is 29.3 Å². The lowest BCUT2D eigenvalue weighted by atomic mass is 9.76. The fraction of sp³-hybridized carbons (Fsp3) is 0.261. The number of amides is 5. The summed E-state index contributed by atoms with van der Waals surface area (Å²) in [6.45, 7) is 1.80. The van der Waals surface area contributed by atoms with Crippen LogP contribution in [0, 0.1) is 18.8 Å². The summed E-state index contributed by atoms with van der Waals surface area (Å²) in [7, 11) is 0. The van der Waals surface area contributed by atoms with Gasteiger partial charge in [-0.05, 0) is 42.8 Å². The number of halogens is 1. The monoisotopic (exact) mass is 481 g/mol. The Balaban J connectivity index is 1.66. The highest BCUT2D eigenvalue weighted by Crippen LogP contribution is 2.55. The molecule has 3 aliphatic heterocycles. The van der Waals surface area contributed by atoms with Crippen molar-refractivity contribution in [2.45, 2.75) is 24.9 Å². The molecule has 0 aliphatic carbocycles. The van der Waals surface area contributed by atoms with E-state index in [0.717, 1.165) is 10.5 Å². The minimum Gasteiger partial charge on any atom is -0.370 e. The summed E-state index contributed by atoms with van der Waals surface area (Å²) in [4.78, 5) is 65.0. The minimum atomic E-state index is -1.61. The zero-order chi connectivity index (χ0) is 24.5. The summed E-state index contributed by atoms with van der Waals surface area (Å²) in [6, 6.07) is 8.24. The van der Waals surface area contributed by atoms with Gasteiger partial charge in [0.15, 0.2) is 0 Å². The molecule has 0 aromatic heterocycles. The Morgan fingerprint density at radius 3 is 2.38 bits per heavy atom. The standard InChI is InChI=1S/C23H20ClN5O5/c1-9-6-12-18(13(24)7-9)27-22(34)23(12)17-16(14(28-23)8-15(25)30)20(32)29(21(17)33)11-4-2-10(3-5-11)19(26)31/h2-7,14,16-17,28H,8H2,1H3,(H2,25,30)(H2,26,31)(H,27,34)/t14-,16-,17-,23+/m1/s1. The van der Waals surface area contributed by atoms with Gasteiger partial charge >= 0.3 is 0 Å². The molecule has 2 fully saturated rings. The number of fused-ring (bicyclic) bond motifs is 4. The molecule has 0 unspecified atom stereocenters. The Labute approximate surface area is 198 Å². The smallest absolute Gasteiger partial charge is 0.250 e. The van der Waals surface area contributed by atoms with E-state index < -0.39 is 53.0 Å². The van der Waals surface area contributed by atoms with Crippen LogP contribution in [0.5, 0.6) is 0 Å². The predicted octanol–water partition coefficient (Wildman–Crippen LogP) is 0.548. The number of primary amides is 2. The van der Waals surface area contributed by atoms with Crippen molar-refractivity contribution in [3.8, 4) is 0 Å². The largest absolute Gasteiger partial charge is 0.370 e. The number of nitrogens with two attached hydrogens (primary N) is 2. The first kappa shape index (κ1) is 22.1. The first-order valence-corrected chi connectivity index (χ1v) is 10.9. The molecule has 11 heteroatoms. The maximum absolute atomic E-state index is 13.8. The highest BCUT2D eigenvalue weighted by Gasteiger charge is 2.71. The number of benzene rings is 2. The number of aryl methyl sites for hydroxylation is 1. The zero-order valence-corrected chi connectivity index (χ0v) is 18.7. The quantitative estimate of drug-likeness (QED) is 0.465. The molecule has 4 atom stereocenters.